The number of hydrogen-bond donors (Lipinski definition) is 4. The molecule has 1 aromatic rings. The molecule has 0 bridgehead atoms. The van der Waals surface area contributed by atoms with Crippen LogP contribution >= 0.6 is 12.6 Å². The van der Waals surface area contributed by atoms with Crippen LogP contribution in [0.3, 0.4) is 0 Å². The van der Waals surface area contributed by atoms with E-state index in [0.29, 0.717) is 5.75 Å². The predicted molar refractivity (Wildman–Crippen MR) is 104 cm³/mol. The molecule has 0 aliphatic rings. The number of methoxy groups -OCH3 is 3. The lowest BCUT2D eigenvalue weighted by molar-refractivity contribution is -0.141. The Labute approximate surface area is 168 Å². The summed E-state index contributed by atoms with van der Waals surface area (Å²) in [6.45, 7) is 1.53. The Kier molecular flexibility index (Phi) is 8.42. The summed E-state index contributed by atoms with van der Waals surface area (Å²) >= 11 is 4.13. The van der Waals surface area contributed by atoms with Gasteiger partial charge in [-0.05, 0) is 31.4 Å². The molecule has 28 heavy (non-hydrogen) atoms. The second-order valence-corrected chi connectivity index (χ2v) is 6.93. The summed E-state index contributed by atoms with van der Waals surface area (Å²) in [5.74, 6) is -2.88. The zero-order valence-corrected chi connectivity index (χ0v) is 17.0. The summed E-state index contributed by atoms with van der Waals surface area (Å²) < 4.78 is 15.6. The lowest BCUT2D eigenvalue weighted by atomic mass is 10.0. The van der Waals surface area contributed by atoms with Crippen LogP contribution in [0.1, 0.15) is 36.5 Å². The highest BCUT2D eigenvalue weighted by Crippen LogP contribution is 2.38. The Balaban J connectivity index is 3.03. The number of amides is 1. The Morgan fingerprint density at radius 1 is 1.11 bits per heavy atom. The summed E-state index contributed by atoms with van der Waals surface area (Å²) in [5, 5.41) is 20.8. The van der Waals surface area contributed by atoms with Gasteiger partial charge in [-0.25, -0.2) is 4.79 Å². The van der Waals surface area contributed by atoms with E-state index in [2.05, 4.69) is 17.9 Å². The van der Waals surface area contributed by atoms with Crippen molar-refractivity contribution in [2.45, 2.75) is 31.1 Å². The Morgan fingerprint density at radius 2 is 1.64 bits per heavy atom. The van der Waals surface area contributed by atoms with Crippen LogP contribution in [0.5, 0.6) is 17.2 Å². The Hall–Kier alpha value is -2.62. The van der Waals surface area contributed by atoms with Crippen molar-refractivity contribution in [3.05, 3.63) is 17.7 Å². The molecule has 0 aromatic heterocycles. The highest BCUT2D eigenvalue weighted by Gasteiger charge is 2.36. The van der Waals surface area contributed by atoms with Gasteiger partial charge < -0.3 is 29.7 Å². The number of carboxylic acid groups (broad SMARTS) is 2. The number of hydrogen-bond acceptors (Lipinski definition) is 7. The van der Waals surface area contributed by atoms with Gasteiger partial charge in [0, 0.05) is 5.56 Å². The van der Waals surface area contributed by atoms with Crippen molar-refractivity contribution in [2.24, 2.45) is 5.92 Å². The van der Waals surface area contributed by atoms with Crippen molar-refractivity contribution in [1.82, 2.24) is 5.32 Å². The van der Waals surface area contributed by atoms with E-state index in [1.54, 1.807) is 0 Å². The number of carboxylic acids is 2. The van der Waals surface area contributed by atoms with Crippen LogP contribution < -0.4 is 19.5 Å². The van der Waals surface area contributed by atoms with Crippen molar-refractivity contribution < 1.29 is 38.8 Å². The van der Waals surface area contributed by atoms with Crippen LogP contribution in [0.4, 0.5) is 0 Å². The lowest BCUT2D eigenvalue weighted by Crippen LogP contribution is -2.50. The number of carbonyl (C=O) groups is 3. The van der Waals surface area contributed by atoms with Crippen LogP contribution in [-0.4, -0.2) is 54.3 Å². The van der Waals surface area contributed by atoms with Gasteiger partial charge in [0.25, 0.3) is 5.91 Å². The van der Waals surface area contributed by atoms with Gasteiger partial charge in [-0.2, -0.15) is 0 Å². The van der Waals surface area contributed by atoms with E-state index >= 15 is 0 Å². The molecule has 1 amide bonds. The maximum atomic E-state index is 12.6. The number of carbonyl (C=O) groups excluding carboxylic acids is 1. The first-order valence-electron chi connectivity index (χ1n) is 8.40. The van der Waals surface area contributed by atoms with Gasteiger partial charge in [-0.3, -0.25) is 9.59 Å². The average Bonchev–Trinajstić information content (AvgIpc) is 2.66. The minimum absolute atomic E-state index is 0.0563. The van der Waals surface area contributed by atoms with Crippen molar-refractivity contribution >= 4 is 30.5 Å². The van der Waals surface area contributed by atoms with Gasteiger partial charge in [0.1, 0.15) is 0 Å². The zero-order chi connectivity index (χ0) is 21.5. The maximum absolute atomic E-state index is 12.6. The molecule has 3 N–H and O–H groups in total. The molecule has 0 saturated carbocycles. The molecule has 0 fully saturated rings. The minimum Gasteiger partial charge on any atom is -0.493 e. The molecular formula is C18H25NO8S. The molecule has 10 heteroatoms. The fraction of sp³-hybridized carbons (Fsp3) is 0.500. The third kappa shape index (κ3) is 5.69. The molecule has 9 nitrogen and oxygen atoms in total. The number of thiol groups is 1. The number of nitrogens with one attached hydrogen (secondary N) is 1. The molecule has 0 radical (unpaired) electrons. The molecule has 0 saturated heterocycles. The maximum Gasteiger partial charge on any atom is 0.339 e. The minimum atomic E-state index is -1.87. The van der Waals surface area contributed by atoms with Crippen LogP contribution in [0.15, 0.2) is 12.1 Å². The summed E-state index contributed by atoms with van der Waals surface area (Å²) in [5.41, 5.74) is 0.0908. The molecular weight excluding hydrogens is 390 g/mol. The number of ether oxygens (including phenoxy) is 3. The Bertz CT molecular complexity index is 713. The number of rotatable bonds is 11. The molecule has 0 aliphatic heterocycles. The first kappa shape index (κ1) is 23.4. The van der Waals surface area contributed by atoms with Gasteiger partial charge in [0.05, 0.1) is 27.2 Å². The van der Waals surface area contributed by atoms with Gasteiger partial charge in [-0.15, -0.1) is 12.6 Å². The van der Waals surface area contributed by atoms with E-state index in [4.69, 9.17) is 19.3 Å². The highest BCUT2D eigenvalue weighted by molar-refractivity contribution is 7.82. The van der Waals surface area contributed by atoms with Crippen LogP contribution in [0.2, 0.25) is 0 Å². The smallest absolute Gasteiger partial charge is 0.339 e. The fourth-order valence-corrected chi connectivity index (χ4v) is 2.74. The molecule has 0 spiro atoms. The van der Waals surface area contributed by atoms with Gasteiger partial charge >= 0.3 is 11.9 Å². The number of aliphatic carboxylic acids is 2. The van der Waals surface area contributed by atoms with Gasteiger partial charge in [-0.1, -0.05) is 6.92 Å². The van der Waals surface area contributed by atoms with Gasteiger partial charge in [0.15, 0.2) is 16.4 Å². The molecule has 2 atom stereocenters. The third-order valence-corrected chi connectivity index (χ3v) is 4.73. The molecule has 156 valence electrons. The molecule has 2 unspecified atom stereocenters. The first-order chi connectivity index (χ1) is 13.1. The fourth-order valence-electron chi connectivity index (χ4n) is 2.48. The van der Waals surface area contributed by atoms with Crippen molar-refractivity contribution in [1.29, 1.82) is 0 Å². The molecule has 0 aliphatic carbocycles. The summed E-state index contributed by atoms with van der Waals surface area (Å²) in [6.07, 6.45) is 0.447. The summed E-state index contributed by atoms with van der Waals surface area (Å²) in [6, 6.07) is 2.78. The SMILES string of the molecule is COc1cc(C(=O)NC(S)(CCCC(C)C(=O)O)C(=O)O)cc(OC)c1OC. The lowest BCUT2D eigenvalue weighted by Gasteiger charge is -2.26. The van der Waals surface area contributed by atoms with Crippen LogP contribution in [0, 0.1) is 5.92 Å². The van der Waals surface area contributed by atoms with E-state index in [9.17, 15) is 19.5 Å². The van der Waals surface area contributed by atoms with Crippen LogP contribution in [0.25, 0.3) is 0 Å². The highest BCUT2D eigenvalue weighted by atomic mass is 32.1. The quantitative estimate of drug-likeness (QED) is 0.319. The van der Waals surface area contributed by atoms with E-state index in [1.807, 2.05) is 0 Å². The monoisotopic (exact) mass is 415 g/mol. The zero-order valence-electron chi connectivity index (χ0n) is 16.1. The van der Waals surface area contributed by atoms with E-state index < -0.39 is 28.6 Å². The van der Waals surface area contributed by atoms with Crippen molar-refractivity contribution in [3.63, 3.8) is 0 Å². The second-order valence-electron chi connectivity index (χ2n) is 6.17. The molecule has 1 rings (SSSR count). The largest absolute Gasteiger partial charge is 0.493 e. The van der Waals surface area contributed by atoms with Gasteiger partial charge in [0.2, 0.25) is 5.75 Å². The topological polar surface area (TPSA) is 131 Å². The van der Waals surface area contributed by atoms with E-state index in [0.717, 1.165) is 0 Å². The molecule has 1 aromatic carbocycles. The van der Waals surface area contributed by atoms with Crippen LogP contribution in [-0.2, 0) is 9.59 Å². The standard InChI is InChI=1S/C18H25NO8S/c1-10(16(21)22)6-5-7-18(28,17(23)24)19-15(20)11-8-12(25-2)14(27-4)13(9-11)26-3/h8-10,28H,5-7H2,1-4H3,(H,19,20)(H,21,22)(H,23,24). The Morgan fingerprint density at radius 3 is 2.04 bits per heavy atom. The van der Waals surface area contributed by atoms with Crippen molar-refractivity contribution in [3.8, 4) is 17.2 Å². The number of benzene rings is 1. The summed E-state index contributed by atoms with van der Waals surface area (Å²) in [7, 11) is 4.20. The summed E-state index contributed by atoms with van der Waals surface area (Å²) in [4.78, 5) is 33.3. The van der Waals surface area contributed by atoms with E-state index in [-0.39, 0.29) is 36.3 Å². The third-order valence-electron chi connectivity index (χ3n) is 4.20. The van der Waals surface area contributed by atoms with Crippen molar-refractivity contribution in [2.75, 3.05) is 21.3 Å². The van der Waals surface area contributed by atoms with E-state index in [1.165, 1.54) is 40.4 Å². The predicted octanol–water partition coefficient (Wildman–Crippen LogP) is 2.04. The average molecular weight is 415 g/mol. The first-order valence-corrected chi connectivity index (χ1v) is 8.85. The normalized spacial score (nSPS) is 13.8. The second kappa shape index (κ2) is 10.1. The molecule has 0 heterocycles.